The summed E-state index contributed by atoms with van der Waals surface area (Å²) >= 11 is 0. The number of rotatable bonds is 5. The van der Waals surface area contributed by atoms with Gasteiger partial charge in [0.2, 0.25) is 0 Å². The maximum Gasteiger partial charge on any atom is 0.0914 e. The van der Waals surface area contributed by atoms with Crippen LogP contribution in [-0.4, -0.2) is 27.9 Å². The zero-order valence-corrected chi connectivity index (χ0v) is 11.1. The highest BCUT2D eigenvalue weighted by atomic mass is 16.3. The van der Waals surface area contributed by atoms with E-state index < -0.39 is 17.2 Å². The van der Waals surface area contributed by atoms with Crippen LogP contribution >= 0.6 is 0 Å². The first kappa shape index (κ1) is 14.2. The topological polar surface area (TPSA) is 52.5 Å². The number of β-amino-alcohol motifs (C(OH)–C–C–N with tert-alkyl or cyclic N) is 1. The van der Waals surface area contributed by atoms with E-state index >= 15 is 0 Å². The van der Waals surface area contributed by atoms with Crippen LogP contribution in [0, 0.1) is 0 Å². The second-order valence-electron chi connectivity index (χ2n) is 5.49. The molecule has 0 spiro atoms. The van der Waals surface area contributed by atoms with Crippen LogP contribution in [0.2, 0.25) is 0 Å². The third-order valence-electron chi connectivity index (χ3n) is 3.45. The summed E-state index contributed by atoms with van der Waals surface area (Å²) in [5, 5.41) is 23.2. The molecule has 1 rings (SSSR count). The first-order valence-corrected chi connectivity index (χ1v) is 5.94. The zero-order valence-electron chi connectivity index (χ0n) is 11.1. The Bertz CT molecular complexity index is 341. The van der Waals surface area contributed by atoms with Crippen molar-refractivity contribution in [1.82, 2.24) is 5.32 Å². The van der Waals surface area contributed by atoms with Crippen LogP contribution in [0.3, 0.4) is 0 Å². The van der Waals surface area contributed by atoms with Gasteiger partial charge in [0.15, 0.2) is 0 Å². The van der Waals surface area contributed by atoms with E-state index in [1.807, 2.05) is 44.2 Å². The van der Waals surface area contributed by atoms with Crippen molar-refractivity contribution in [1.29, 1.82) is 0 Å². The van der Waals surface area contributed by atoms with Gasteiger partial charge in [-0.25, -0.2) is 0 Å². The molecule has 1 aromatic carbocycles. The summed E-state index contributed by atoms with van der Waals surface area (Å²) in [6, 6.07) is 9.51. The van der Waals surface area contributed by atoms with Crippen LogP contribution < -0.4 is 5.32 Å². The molecule has 1 aromatic rings. The Labute approximate surface area is 103 Å². The molecule has 1 unspecified atom stereocenters. The van der Waals surface area contributed by atoms with E-state index in [4.69, 9.17) is 0 Å². The average molecular weight is 237 g/mol. The molecule has 3 N–H and O–H groups in total. The van der Waals surface area contributed by atoms with Crippen LogP contribution in [0.5, 0.6) is 0 Å². The molecule has 96 valence electrons. The summed E-state index contributed by atoms with van der Waals surface area (Å²) in [6.45, 7) is 7.78. The SMILES string of the molecule is CC(C)(O)C(C)(C)NCC(O)c1ccccc1. The summed E-state index contributed by atoms with van der Waals surface area (Å²) in [5.74, 6) is 0. The first-order valence-electron chi connectivity index (χ1n) is 5.94. The van der Waals surface area contributed by atoms with Gasteiger partial charge >= 0.3 is 0 Å². The standard InChI is InChI=1S/C14H23NO2/c1-13(2,14(3,4)17)15-10-12(16)11-8-6-5-7-9-11/h5-9,12,15-17H,10H2,1-4H3. The van der Waals surface area contributed by atoms with E-state index in [1.165, 1.54) is 0 Å². The predicted octanol–water partition coefficient (Wildman–Crippen LogP) is 1.86. The Hall–Kier alpha value is -0.900. The van der Waals surface area contributed by atoms with E-state index in [9.17, 15) is 10.2 Å². The van der Waals surface area contributed by atoms with Gasteiger partial charge in [-0.15, -0.1) is 0 Å². The molecule has 0 amide bonds. The number of nitrogens with one attached hydrogen (secondary N) is 1. The summed E-state index contributed by atoms with van der Waals surface area (Å²) in [6.07, 6.45) is -0.558. The molecule has 0 saturated carbocycles. The van der Waals surface area contributed by atoms with Crippen LogP contribution in [0.4, 0.5) is 0 Å². The Balaban J connectivity index is 2.58. The van der Waals surface area contributed by atoms with E-state index in [0.717, 1.165) is 5.56 Å². The normalized spacial score (nSPS) is 14.7. The van der Waals surface area contributed by atoms with Crippen LogP contribution in [0.15, 0.2) is 30.3 Å². The molecule has 0 aliphatic heterocycles. The Morgan fingerprint density at radius 2 is 1.65 bits per heavy atom. The molecule has 3 heteroatoms. The Kier molecular flexibility index (Phi) is 4.31. The monoisotopic (exact) mass is 237 g/mol. The van der Waals surface area contributed by atoms with Gasteiger partial charge in [-0.2, -0.15) is 0 Å². The molecule has 0 radical (unpaired) electrons. The quantitative estimate of drug-likeness (QED) is 0.732. The van der Waals surface area contributed by atoms with Crippen molar-refractivity contribution in [2.75, 3.05) is 6.54 Å². The lowest BCUT2D eigenvalue weighted by Gasteiger charge is -2.38. The fourth-order valence-electron chi connectivity index (χ4n) is 1.36. The summed E-state index contributed by atoms with van der Waals surface area (Å²) in [4.78, 5) is 0. The minimum atomic E-state index is -0.844. The average Bonchev–Trinajstić information content (AvgIpc) is 2.25. The highest BCUT2D eigenvalue weighted by molar-refractivity contribution is 5.17. The number of benzene rings is 1. The van der Waals surface area contributed by atoms with E-state index in [0.29, 0.717) is 6.54 Å². The van der Waals surface area contributed by atoms with Crippen molar-refractivity contribution >= 4 is 0 Å². The molecule has 0 bridgehead atoms. The molecule has 0 aromatic heterocycles. The molecule has 0 saturated heterocycles. The number of aliphatic hydroxyl groups is 2. The molecule has 0 fully saturated rings. The molecule has 0 aliphatic carbocycles. The lowest BCUT2D eigenvalue weighted by atomic mass is 9.86. The Morgan fingerprint density at radius 3 is 2.12 bits per heavy atom. The van der Waals surface area contributed by atoms with Gasteiger partial charge in [-0.05, 0) is 33.3 Å². The van der Waals surface area contributed by atoms with Crippen molar-refractivity contribution in [2.24, 2.45) is 0 Å². The smallest absolute Gasteiger partial charge is 0.0914 e. The van der Waals surface area contributed by atoms with E-state index in [2.05, 4.69) is 5.32 Å². The minimum absolute atomic E-state index is 0.418. The highest BCUT2D eigenvalue weighted by Gasteiger charge is 2.34. The minimum Gasteiger partial charge on any atom is -0.389 e. The fraction of sp³-hybridized carbons (Fsp3) is 0.571. The van der Waals surface area contributed by atoms with Crippen molar-refractivity contribution in [2.45, 2.75) is 44.9 Å². The van der Waals surface area contributed by atoms with Crippen molar-refractivity contribution < 1.29 is 10.2 Å². The lowest BCUT2D eigenvalue weighted by molar-refractivity contribution is -0.00978. The van der Waals surface area contributed by atoms with E-state index in [1.54, 1.807) is 13.8 Å². The number of aliphatic hydroxyl groups excluding tert-OH is 1. The zero-order chi connectivity index (χ0) is 13.1. The Morgan fingerprint density at radius 1 is 1.12 bits per heavy atom. The first-order chi connectivity index (χ1) is 7.74. The maximum absolute atomic E-state index is 10.0. The summed E-state index contributed by atoms with van der Waals surface area (Å²) < 4.78 is 0. The van der Waals surface area contributed by atoms with Crippen LogP contribution in [-0.2, 0) is 0 Å². The van der Waals surface area contributed by atoms with Crippen LogP contribution in [0.1, 0.15) is 39.4 Å². The molecule has 0 aliphatic rings. The van der Waals surface area contributed by atoms with Gasteiger partial charge in [0.1, 0.15) is 0 Å². The van der Waals surface area contributed by atoms with Gasteiger partial charge in [-0.3, -0.25) is 0 Å². The third-order valence-corrected chi connectivity index (χ3v) is 3.45. The van der Waals surface area contributed by atoms with Crippen LogP contribution in [0.25, 0.3) is 0 Å². The summed E-state index contributed by atoms with van der Waals surface area (Å²) in [5.41, 5.74) is -0.418. The number of hydrogen-bond donors (Lipinski definition) is 3. The van der Waals surface area contributed by atoms with Gasteiger partial charge in [0, 0.05) is 12.1 Å². The molecular weight excluding hydrogens is 214 g/mol. The fourth-order valence-corrected chi connectivity index (χ4v) is 1.36. The van der Waals surface area contributed by atoms with Gasteiger partial charge in [-0.1, -0.05) is 30.3 Å². The molecule has 3 nitrogen and oxygen atoms in total. The van der Waals surface area contributed by atoms with Gasteiger partial charge < -0.3 is 15.5 Å². The van der Waals surface area contributed by atoms with Crippen molar-refractivity contribution in [3.63, 3.8) is 0 Å². The number of hydrogen-bond acceptors (Lipinski definition) is 3. The predicted molar refractivity (Wildman–Crippen MR) is 69.8 cm³/mol. The summed E-state index contributed by atoms with van der Waals surface area (Å²) in [7, 11) is 0. The van der Waals surface area contributed by atoms with Crippen molar-refractivity contribution in [3.05, 3.63) is 35.9 Å². The second kappa shape index (κ2) is 5.17. The van der Waals surface area contributed by atoms with Gasteiger partial charge in [0.25, 0.3) is 0 Å². The van der Waals surface area contributed by atoms with E-state index in [-0.39, 0.29) is 0 Å². The lowest BCUT2D eigenvalue weighted by Crippen LogP contribution is -2.56. The molecule has 1 atom stereocenters. The maximum atomic E-state index is 10.0. The largest absolute Gasteiger partial charge is 0.389 e. The molecular formula is C14H23NO2. The highest BCUT2D eigenvalue weighted by Crippen LogP contribution is 2.21. The molecule has 17 heavy (non-hydrogen) atoms. The van der Waals surface area contributed by atoms with Crippen molar-refractivity contribution in [3.8, 4) is 0 Å². The molecule has 0 heterocycles. The van der Waals surface area contributed by atoms with Gasteiger partial charge in [0.05, 0.1) is 11.7 Å². The third kappa shape index (κ3) is 3.80. The second-order valence-corrected chi connectivity index (χ2v) is 5.49.